The Kier molecular flexibility index (Phi) is 7.72. The Hall–Kier alpha value is -3.97. The van der Waals surface area contributed by atoms with Crippen LogP contribution in [0, 0.1) is 11.3 Å². The van der Waals surface area contributed by atoms with Gasteiger partial charge in [0.1, 0.15) is 0 Å². The fourth-order valence-corrected chi connectivity index (χ4v) is 3.69. The monoisotopic (exact) mass is 421 g/mol. The van der Waals surface area contributed by atoms with Gasteiger partial charge in [0.25, 0.3) is 5.91 Å². The molecule has 0 unspecified atom stereocenters. The van der Waals surface area contributed by atoms with Crippen molar-refractivity contribution in [3.05, 3.63) is 102 Å². The molecule has 0 aliphatic rings. The number of para-hydroxylation sites is 1. The minimum Gasteiger partial charge on any atom is -0.345 e. The Balaban J connectivity index is 0.00000141. The standard InChI is InChI=1S/C26H21N3O.C2H6/c1-18(19-10-4-2-5-11-19)28-26(30)24-21-14-8-9-15-23(21)29-25(22(24)16-17-27)20-12-6-3-7-13-20;1-2/h2-15,18H,16H2,1H3,(H,28,30);1-2H3/t18-;/m0./s1. The van der Waals surface area contributed by atoms with Gasteiger partial charge in [-0.15, -0.1) is 0 Å². The van der Waals surface area contributed by atoms with E-state index in [9.17, 15) is 10.1 Å². The van der Waals surface area contributed by atoms with Crippen LogP contribution in [0.15, 0.2) is 84.9 Å². The molecule has 1 amide bonds. The van der Waals surface area contributed by atoms with Gasteiger partial charge in [-0.05, 0) is 18.6 Å². The minimum absolute atomic E-state index is 0.102. The van der Waals surface area contributed by atoms with Crippen molar-refractivity contribution in [1.29, 1.82) is 5.26 Å². The van der Waals surface area contributed by atoms with Crippen molar-refractivity contribution in [2.24, 2.45) is 0 Å². The quantitative estimate of drug-likeness (QED) is 0.401. The molecule has 0 radical (unpaired) electrons. The van der Waals surface area contributed by atoms with Gasteiger partial charge in [-0.3, -0.25) is 4.79 Å². The number of rotatable bonds is 5. The van der Waals surface area contributed by atoms with Gasteiger partial charge >= 0.3 is 0 Å². The lowest BCUT2D eigenvalue weighted by Crippen LogP contribution is -2.28. The second-order valence-electron chi connectivity index (χ2n) is 7.14. The molecule has 1 heterocycles. The Labute approximate surface area is 189 Å². The molecule has 1 atom stereocenters. The first-order valence-electron chi connectivity index (χ1n) is 10.9. The van der Waals surface area contributed by atoms with Crippen molar-refractivity contribution < 1.29 is 4.79 Å². The molecule has 4 nitrogen and oxygen atoms in total. The van der Waals surface area contributed by atoms with E-state index in [0.717, 1.165) is 22.0 Å². The first kappa shape index (κ1) is 22.7. The van der Waals surface area contributed by atoms with Gasteiger partial charge in [-0.2, -0.15) is 5.26 Å². The van der Waals surface area contributed by atoms with Crippen LogP contribution in [0.2, 0.25) is 0 Å². The van der Waals surface area contributed by atoms with Crippen molar-refractivity contribution in [2.45, 2.75) is 33.2 Å². The third-order valence-corrected chi connectivity index (χ3v) is 5.17. The van der Waals surface area contributed by atoms with Crippen LogP contribution in [0.1, 0.15) is 48.3 Å². The van der Waals surface area contributed by atoms with E-state index in [4.69, 9.17) is 4.98 Å². The molecular formula is C28H27N3O. The predicted octanol–water partition coefficient (Wildman–Crippen LogP) is 6.49. The van der Waals surface area contributed by atoms with Gasteiger partial charge in [-0.25, -0.2) is 4.98 Å². The Bertz CT molecular complexity index is 1230. The molecule has 0 aliphatic heterocycles. The Morgan fingerprint density at radius 1 is 0.938 bits per heavy atom. The van der Waals surface area contributed by atoms with Crippen LogP contribution in [-0.4, -0.2) is 10.9 Å². The van der Waals surface area contributed by atoms with Gasteiger partial charge in [-0.1, -0.05) is 92.7 Å². The average Bonchev–Trinajstić information content (AvgIpc) is 2.86. The number of carbonyl (C=O) groups is 1. The topological polar surface area (TPSA) is 65.8 Å². The van der Waals surface area contributed by atoms with Crippen LogP contribution in [0.5, 0.6) is 0 Å². The highest BCUT2D eigenvalue weighted by Crippen LogP contribution is 2.31. The molecule has 3 aromatic carbocycles. The molecule has 0 bridgehead atoms. The molecule has 160 valence electrons. The average molecular weight is 422 g/mol. The first-order valence-corrected chi connectivity index (χ1v) is 10.9. The van der Waals surface area contributed by atoms with E-state index in [1.807, 2.05) is 106 Å². The number of nitrogens with one attached hydrogen (secondary N) is 1. The molecule has 0 spiro atoms. The van der Waals surface area contributed by atoms with Crippen LogP contribution in [0.3, 0.4) is 0 Å². The van der Waals surface area contributed by atoms with Crippen molar-refractivity contribution in [2.75, 3.05) is 0 Å². The number of nitriles is 1. The minimum atomic E-state index is -0.201. The summed E-state index contributed by atoms with van der Waals surface area (Å²) < 4.78 is 0. The highest BCUT2D eigenvalue weighted by atomic mass is 16.1. The summed E-state index contributed by atoms with van der Waals surface area (Å²) in [5.74, 6) is -0.201. The van der Waals surface area contributed by atoms with Crippen molar-refractivity contribution in [1.82, 2.24) is 10.3 Å². The molecule has 0 fully saturated rings. The molecule has 1 aromatic heterocycles. The zero-order valence-electron chi connectivity index (χ0n) is 18.7. The van der Waals surface area contributed by atoms with Gasteiger partial charge in [0.2, 0.25) is 0 Å². The van der Waals surface area contributed by atoms with Crippen LogP contribution >= 0.6 is 0 Å². The van der Waals surface area contributed by atoms with Gasteiger partial charge in [0.15, 0.2) is 0 Å². The van der Waals surface area contributed by atoms with E-state index in [1.54, 1.807) is 0 Å². The maximum Gasteiger partial charge on any atom is 0.252 e. The van der Waals surface area contributed by atoms with Crippen LogP contribution in [-0.2, 0) is 6.42 Å². The van der Waals surface area contributed by atoms with E-state index >= 15 is 0 Å². The largest absolute Gasteiger partial charge is 0.345 e. The molecule has 1 N–H and O–H groups in total. The highest BCUT2D eigenvalue weighted by Gasteiger charge is 2.22. The molecular weight excluding hydrogens is 394 g/mol. The number of nitrogens with zero attached hydrogens (tertiary/aromatic N) is 2. The summed E-state index contributed by atoms with van der Waals surface area (Å²) in [4.78, 5) is 18.3. The number of benzene rings is 3. The van der Waals surface area contributed by atoms with Gasteiger partial charge < -0.3 is 5.32 Å². The summed E-state index contributed by atoms with van der Waals surface area (Å²) in [5.41, 5.74) is 4.49. The summed E-state index contributed by atoms with van der Waals surface area (Å²) in [7, 11) is 0. The van der Waals surface area contributed by atoms with E-state index in [1.165, 1.54) is 0 Å². The Morgan fingerprint density at radius 2 is 1.53 bits per heavy atom. The van der Waals surface area contributed by atoms with Gasteiger partial charge in [0.05, 0.1) is 35.3 Å². The summed E-state index contributed by atoms with van der Waals surface area (Å²) in [5, 5.41) is 13.4. The fourth-order valence-electron chi connectivity index (χ4n) is 3.69. The smallest absolute Gasteiger partial charge is 0.252 e. The maximum absolute atomic E-state index is 13.5. The van der Waals surface area contributed by atoms with E-state index in [0.29, 0.717) is 16.8 Å². The number of carbonyl (C=O) groups excluding carboxylic acids is 1. The number of amides is 1. The predicted molar refractivity (Wildman–Crippen MR) is 130 cm³/mol. The van der Waals surface area contributed by atoms with E-state index < -0.39 is 0 Å². The third kappa shape index (κ3) is 4.84. The first-order chi connectivity index (χ1) is 15.7. The zero-order chi connectivity index (χ0) is 22.9. The normalized spacial score (nSPS) is 11.1. The van der Waals surface area contributed by atoms with Gasteiger partial charge in [0, 0.05) is 16.5 Å². The number of pyridine rings is 1. The molecule has 32 heavy (non-hydrogen) atoms. The Morgan fingerprint density at radius 3 is 2.19 bits per heavy atom. The lowest BCUT2D eigenvalue weighted by atomic mass is 9.94. The number of aromatic nitrogens is 1. The summed E-state index contributed by atoms with van der Waals surface area (Å²) in [6.45, 7) is 5.96. The highest BCUT2D eigenvalue weighted by molar-refractivity contribution is 6.09. The van der Waals surface area contributed by atoms with Crippen molar-refractivity contribution in [3.63, 3.8) is 0 Å². The van der Waals surface area contributed by atoms with E-state index in [-0.39, 0.29) is 18.4 Å². The second kappa shape index (κ2) is 10.9. The summed E-state index contributed by atoms with van der Waals surface area (Å²) in [6, 6.07) is 29.2. The van der Waals surface area contributed by atoms with Crippen LogP contribution in [0.25, 0.3) is 22.2 Å². The number of hydrogen-bond acceptors (Lipinski definition) is 3. The zero-order valence-corrected chi connectivity index (χ0v) is 18.7. The lowest BCUT2D eigenvalue weighted by Gasteiger charge is -2.19. The molecule has 0 aliphatic carbocycles. The molecule has 0 saturated heterocycles. The SMILES string of the molecule is CC.C[C@H](NC(=O)c1c(CC#N)c(-c2ccccc2)nc2ccccc12)c1ccccc1. The van der Waals surface area contributed by atoms with Crippen LogP contribution < -0.4 is 5.32 Å². The van der Waals surface area contributed by atoms with Crippen molar-refractivity contribution >= 4 is 16.8 Å². The van der Waals surface area contributed by atoms with E-state index in [2.05, 4.69) is 11.4 Å². The number of fused-ring (bicyclic) bond motifs is 1. The third-order valence-electron chi connectivity index (χ3n) is 5.17. The summed E-state index contributed by atoms with van der Waals surface area (Å²) >= 11 is 0. The molecule has 4 heteroatoms. The molecule has 4 rings (SSSR count). The summed E-state index contributed by atoms with van der Waals surface area (Å²) in [6.07, 6.45) is 0.102. The van der Waals surface area contributed by atoms with Crippen molar-refractivity contribution in [3.8, 4) is 17.3 Å². The maximum atomic E-state index is 13.5. The second-order valence-corrected chi connectivity index (χ2v) is 7.14. The molecule has 4 aromatic rings. The van der Waals surface area contributed by atoms with Crippen LogP contribution in [0.4, 0.5) is 0 Å². The lowest BCUT2D eigenvalue weighted by molar-refractivity contribution is 0.0941. The molecule has 0 saturated carbocycles. The fraction of sp³-hybridized carbons (Fsp3) is 0.179. The number of hydrogen-bond donors (Lipinski definition) is 1.